The number of fused-ring (bicyclic) bond motifs is 1. The molecule has 0 bridgehead atoms. The SMILES string of the molecule is CC(C)Cn1nnnc1SCC(=O)NC[C@H]1COc2ccccc2O1. The zero-order chi connectivity index (χ0) is 17.6. The molecule has 0 radical (unpaired) electrons. The molecule has 134 valence electrons. The molecule has 0 fully saturated rings. The number of hydrogen-bond acceptors (Lipinski definition) is 7. The van der Waals surface area contributed by atoms with Crippen LogP contribution in [-0.2, 0) is 11.3 Å². The lowest BCUT2D eigenvalue weighted by atomic mass is 10.2. The molecule has 2 aromatic rings. The third kappa shape index (κ3) is 4.85. The molecule has 0 aliphatic carbocycles. The minimum absolute atomic E-state index is 0.0912. The van der Waals surface area contributed by atoms with Crippen LogP contribution in [0.3, 0.4) is 0 Å². The number of ether oxygens (including phenoxy) is 2. The maximum Gasteiger partial charge on any atom is 0.230 e. The van der Waals surface area contributed by atoms with Crippen LogP contribution in [-0.4, -0.2) is 51.1 Å². The molecule has 0 spiro atoms. The Kier molecular flexibility index (Phi) is 5.75. The third-order valence-corrected chi connectivity index (χ3v) is 4.42. The number of nitrogens with zero attached hydrogens (tertiary/aromatic N) is 4. The minimum atomic E-state index is -0.199. The van der Waals surface area contributed by atoms with Crippen LogP contribution in [0.5, 0.6) is 11.5 Å². The van der Waals surface area contributed by atoms with Gasteiger partial charge in [-0.2, -0.15) is 0 Å². The van der Waals surface area contributed by atoms with Gasteiger partial charge in [0, 0.05) is 6.54 Å². The van der Waals surface area contributed by atoms with Crippen LogP contribution in [0.1, 0.15) is 13.8 Å². The topological polar surface area (TPSA) is 91.2 Å². The molecule has 0 unspecified atom stereocenters. The summed E-state index contributed by atoms with van der Waals surface area (Å²) in [5.74, 6) is 2.03. The Morgan fingerprint density at radius 1 is 1.40 bits per heavy atom. The Labute approximate surface area is 150 Å². The van der Waals surface area contributed by atoms with Gasteiger partial charge in [0.2, 0.25) is 11.1 Å². The predicted octanol–water partition coefficient (Wildman–Crippen LogP) is 1.38. The number of rotatable bonds is 7. The first-order valence-corrected chi connectivity index (χ1v) is 9.14. The van der Waals surface area contributed by atoms with Gasteiger partial charge in [0.25, 0.3) is 0 Å². The van der Waals surface area contributed by atoms with Crippen LogP contribution in [0.15, 0.2) is 29.4 Å². The predicted molar refractivity (Wildman–Crippen MR) is 92.7 cm³/mol. The number of para-hydroxylation sites is 2. The molecule has 0 saturated carbocycles. The Balaban J connectivity index is 1.43. The summed E-state index contributed by atoms with van der Waals surface area (Å²) in [5, 5.41) is 15.1. The summed E-state index contributed by atoms with van der Waals surface area (Å²) < 4.78 is 13.2. The first kappa shape index (κ1) is 17.5. The zero-order valence-corrected chi connectivity index (χ0v) is 15.0. The number of nitrogens with one attached hydrogen (secondary N) is 1. The van der Waals surface area contributed by atoms with Crippen molar-refractivity contribution in [2.45, 2.75) is 31.7 Å². The van der Waals surface area contributed by atoms with Crippen LogP contribution >= 0.6 is 11.8 Å². The molecule has 1 aliphatic rings. The second kappa shape index (κ2) is 8.19. The Morgan fingerprint density at radius 3 is 3.00 bits per heavy atom. The van der Waals surface area contributed by atoms with Gasteiger partial charge in [-0.15, -0.1) is 5.10 Å². The van der Waals surface area contributed by atoms with E-state index in [-0.39, 0.29) is 17.8 Å². The van der Waals surface area contributed by atoms with E-state index < -0.39 is 0 Å². The van der Waals surface area contributed by atoms with Crippen LogP contribution in [0.25, 0.3) is 0 Å². The minimum Gasteiger partial charge on any atom is -0.486 e. The highest BCUT2D eigenvalue weighted by Crippen LogP contribution is 2.30. The van der Waals surface area contributed by atoms with Crippen molar-refractivity contribution in [3.8, 4) is 11.5 Å². The van der Waals surface area contributed by atoms with Crippen LogP contribution in [0.4, 0.5) is 0 Å². The molecule has 2 heterocycles. The first-order valence-electron chi connectivity index (χ1n) is 8.16. The number of carbonyl (C=O) groups excluding carboxylic acids is 1. The van der Waals surface area contributed by atoms with E-state index in [9.17, 15) is 4.79 Å². The van der Waals surface area contributed by atoms with E-state index in [4.69, 9.17) is 9.47 Å². The second-order valence-corrected chi connectivity index (χ2v) is 7.07. The van der Waals surface area contributed by atoms with Gasteiger partial charge >= 0.3 is 0 Å². The van der Waals surface area contributed by atoms with Crippen molar-refractivity contribution in [2.75, 3.05) is 18.9 Å². The molecule has 25 heavy (non-hydrogen) atoms. The molecule has 3 rings (SSSR count). The summed E-state index contributed by atoms with van der Waals surface area (Å²) in [6.07, 6.45) is -0.199. The molecule has 0 saturated heterocycles. The lowest BCUT2D eigenvalue weighted by Gasteiger charge is -2.26. The molecule has 1 atom stereocenters. The number of tetrazole rings is 1. The zero-order valence-electron chi connectivity index (χ0n) is 14.2. The average Bonchev–Trinajstić information content (AvgIpc) is 3.04. The van der Waals surface area contributed by atoms with Crippen molar-refractivity contribution in [1.29, 1.82) is 0 Å². The van der Waals surface area contributed by atoms with Gasteiger partial charge in [-0.05, 0) is 28.5 Å². The molecular weight excluding hydrogens is 342 g/mol. The summed E-state index contributed by atoms with van der Waals surface area (Å²) in [7, 11) is 0. The second-order valence-electron chi connectivity index (χ2n) is 6.13. The highest BCUT2D eigenvalue weighted by molar-refractivity contribution is 7.99. The van der Waals surface area contributed by atoms with Gasteiger partial charge < -0.3 is 14.8 Å². The normalized spacial score (nSPS) is 16.0. The number of aromatic nitrogens is 4. The van der Waals surface area contributed by atoms with Crippen LogP contribution < -0.4 is 14.8 Å². The molecule has 9 heteroatoms. The molecular formula is C16H21N5O3S. The van der Waals surface area contributed by atoms with Crippen molar-refractivity contribution in [3.63, 3.8) is 0 Å². The molecule has 1 aromatic heterocycles. The fourth-order valence-corrected chi connectivity index (χ4v) is 3.05. The van der Waals surface area contributed by atoms with Crippen LogP contribution in [0, 0.1) is 5.92 Å². The van der Waals surface area contributed by atoms with Gasteiger partial charge in [0.05, 0.1) is 12.3 Å². The number of hydrogen-bond donors (Lipinski definition) is 1. The molecule has 1 amide bonds. The maximum atomic E-state index is 12.1. The van der Waals surface area contributed by atoms with Crippen LogP contribution in [0.2, 0.25) is 0 Å². The Hall–Kier alpha value is -2.29. The van der Waals surface area contributed by atoms with E-state index in [0.717, 1.165) is 12.3 Å². The van der Waals surface area contributed by atoms with Crippen molar-refractivity contribution < 1.29 is 14.3 Å². The number of thioether (sulfide) groups is 1. The van der Waals surface area contributed by atoms with Gasteiger partial charge in [-0.3, -0.25) is 4.79 Å². The number of benzene rings is 1. The lowest BCUT2D eigenvalue weighted by Crippen LogP contribution is -2.41. The first-order chi connectivity index (χ1) is 12.1. The summed E-state index contributed by atoms with van der Waals surface area (Å²) in [6.45, 7) is 5.71. The quantitative estimate of drug-likeness (QED) is 0.743. The van der Waals surface area contributed by atoms with E-state index in [1.165, 1.54) is 11.8 Å². The van der Waals surface area contributed by atoms with E-state index in [2.05, 4.69) is 34.7 Å². The standard InChI is InChI=1S/C16H21N5O3S/c1-11(2)8-21-16(18-19-20-21)25-10-15(22)17-7-12-9-23-13-5-3-4-6-14(13)24-12/h3-6,11-12H,7-10H2,1-2H3,(H,17,22)/t12-/m0/s1. The average molecular weight is 363 g/mol. The van der Waals surface area contributed by atoms with Crippen molar-refractivity contribution in [2.24, 2.45) is 5.92 Å². The fraction of sp³-hybridized carbons (Fsp3) is 0.500. The summed E-state index contributed by atoms with van der Waals surface area (Å²) >= 11 is 1.32. The highest BCUT2D eigenvalue weighted by Gasteiger charge is 2.21. The van der Waals surface area contributed by atoms with E-state index in [1.807, 2.05) is 24.3 Å². The molecule has 1 N–H and O–H groups in total. The van der Waals surface area contributed by atoms with Gasteiger partial charge in [-0.1, -0.05) is 37.7 Å². The van der Waals surface area contributed by atoms with Gasteiger partial charge in [0.15, 0.2) is 11.5 Å². The largest absolute Gasteiger partial charge is 0.486 e. The molecule has 8 nitrogen and oxygen atoms in total. The van der Waals surface area contributed by atoms with Gasteiger partial charge in [0.1, 0.15) is 12.7 Å². The molecule has 1 aliphatic heterocycles. The Morgan fingerprint density at radius 2 is 2.20 bits per heavy atom. The van der Waals surface area contributed by atoms with E-state index >= 15 is 0 Å². The summed E-state index contributed by atoms with van der Waals surface area (Å²) in [5.41, 5.74) is 0. The van der Waals surface area contributed by atoms with Gasteiger partial charge in [-0.25, -0.2) is 4.68 Å². The third-order valence-electron chi connectivity index (χ3n) is 3.46. The Bertz CT molecular complexity index is 721. The fourth-order valence-electron chi connectivity index (χ4n) is 2.33. The number of carbonyl (C=O) groups is 1. The summed E-state index contributed by atoms with van der Waals surface area (Å²) in [4.78, 5) is 12.1. The monoisotopic (exact) mass is 363 g/mol. The molecule has 1 aromatic carbocycles. The van der Waals surface area contributed by atoms with Crippen molar-refractivity contribution in [1.82, 2.24) is 25.5 Å². The number of amides is 1. The highest BCUT2D eigenvalue weighted by atomic mass is 32.2. The maximum absolute atomic E-state index is 12.1. The van der Waals surface area contributed by atoms with Crippen molar-refractivity contribution in [3.05, 3.63) is 24.3 Å². The lowest BCUT2D eigenvalue weighted by molar-refractivity contribution is -0.119. The summed E-state index contributed by atoms with van der Waals surface area (Å²) in [6, 6.07) is 7.51. The van der Waals surface area contributed by atoms with Crippen molar-refractivity contribution >= 4 is 17.7 Å². The van der Waals surface area contributed by atoms with E-state index in [1.54, 1.807) is 4.68 Å². The smallest absolute Gasteiger partial charge is 0.230 e. The van der Waals surface area contributed by atoms with E-state index in [0.29, 0.717) is 30.0 Å².